The molecule has 0 fully saturated rings. The Bertz CT molecular complexity index is 194. The molecule has 0 aromatic carbocycles. The van der Waals surface area contributed by atoms with Gasteiger partial charge in [-0.05, 0) is 13.8 Å². The lowest BCUT2D eigenvalue weighted by Crippen LogP contribution is -2.45. The largest absolute Gasteiger partial charge is 0.369 e. The van der Waals surface area contributed by atoms with Gasteiger partial charge >= 0.3 is 0 Å². The molecule has 0 spiro atoms. The number of carbonyl (C=O) groups excluding carboxylic acids is 2. The molecule has 76 valence electrons. The minimum Gasteiger partial charge on any atom is -0.369 e. The molecule has 5 heteroatoms. The minimum atomic E-state index is -0.459. The summed E-state index contributed by atoms with van der Waals surface area (Å²) in [5.41, 5.74) is 4.92. The maximum atomic E-state index is 11.4. The SMILES string of the molecule is CCN(C)C(=O)C(C)NCC(N)=O. The highest BCUT2D eigenvalue weighted by atomic mass is 16.2. The van der Waals surface area contributed by atoms with E-state index in [9.17, 15) is 9.59 Å². The predicted octanol–water partition coefficient (Wildman–Crippen LogP) is -1.07. The lowest BCUT2D eigenvalue weighted by Gasteiger charge is -2.19. The molecule has 5 nitrogen and oxygen atoms in total. The van der Waals surface area contributed by atoms with Crippen molar-refractivity contribution in [1.82, 2.24) is 10.2 Å². The Balaban J connectivity index is 3.89. The van der Waals surface area contributed by atoms with Gasteiger partial charge in [-0.15, -0.1) is 0 Å². The van der Waals surface area contributed by atoms with Gasteiger partial charge in [0.2, 0.25) is 11.8 Å². The number of carbonyl (C=O) groups is 2. The van der Waals surface area contributed by atoms with E-state index in [1.165, 1.54) is 0 Å². The smallest absolute Gasteiger partial charge is 0.239 e. The molecule has 0 aliphatic carbocycles. The number of rotatable bonds is 5. The normalized spacial score (nSPS) is 12.2. The van der Waals surface area contributed by atoms with E-state index in [0.717, 1.165) is 0 Å². The average molecular weight is 187 g/mol. The molecule has 0 radical (unpaired) electrons. The van der Waals surface area contributed by atoms with Crippen LogP contribution in [0, 0.1) is 0 Å². The van der Waals surface area contributed by atoms with E-state index in [-0.39, 0.29) is 18.5 Å². The van der Waals surface area contributed by atoms with Gasteiger partial charge in [0, 0.05) is 13.6 Å². The maximum absolute atomic E-state index is 11.4. The molecule has 0 saturated carbocycles. The summed E-state index contributed by atoms with van der Waals surface area (Å²) < 4.78 is 0. The summed E-state index contributed by atoms with van der Waals surface area (Å²) in [6, 6.07) is -0.363. The van der Waals surface area contributed by atoms with E-state index < -0.39 is 5.91 Å². The van der Waals surface area contributed by atoms with Gasteiger partial charge in [-0.1, -0.05) is 0 Å². The fourth-order valence-electron chi connectivity index (χ4n) is 0.827. The predicted molar refractivity (Wildman–Crippen MR) is 50.0 cm³/mol. The first-order valence-corrected chi connectivity index (χ1v) is 4.25. The van der Waals surface area contributed by atoms with Gasteiger partial charge in [-0.3, -0.25) is 14.9 Å². The van der Waals surface area contributed by atoms with Gasteiger partial charge in [0.15, 0.2) is 0 Å². The van der Waals surface area contributed by atoms with Crippen LogP contribution in [0.2, 0.25) is 0 Å². The van der Waals surface area contributed by atoms with E-state index in [2.05, 4.69) is 5.32 Å². The van der Waals surface area contributed by atoms with Crippen LogP contribution in [0.4, 0.5) is 0 Å². The molecule has 0 rings (SSSR count). The maximum Gasteiger partial charge on any atom is 0.239 e. The lowest BCUT2D eigenvalue weighted by atomic mass is 10.3. The monoisotopic (exact) mass is 187 g/mol. The van der Waals surface area contributed by atoms with Crippen molar-refractivity contribution < 1.29 is 9.59 Å². The van der Waals surface area contributed by atoms with Gasteiger partial charge in [-0.25, -0.2) is 0 Å². The van der Waals surface area contributed by atoms with Crippen LogP contribution in [0.3, 0.4) is 0 Å². The van der Waals surface area contributed by atoms with Gasteiger partial charge < -0.3 is 10.6 Å². The fraction of sp³-hybridized carbons (Fsp3) is 0.750. The van der Waals surface area contributed by atoms with E-state index in [1.807, 2.05) is 6.92 Å². The van der Waals surface area contributed by atoms with Crippen LogP contribution in [0.15, 0.2) is 0 Å². The van der Waals surface area contributed by atoms with Crippen LogP contribution in [0.1, 0.15) is 13.8 Å². The second-order valence-electron chi connectivity index (χ2n) is 2.92. The third kappa shape index (κ3) is 4.47. The van der Waals surface area contributed by atoms with Crippen molar-refractivity contribution in [3.05, 3.63) is 0 Å². The number of likely N-dealkylation sites (N-methyl/N-ethyl adjacent to an activating group) is 1. The number of hydrogen-bond acceptors (Lipinski definition) is 3. The van der Waals surface area contributed by atoms with Crippen LogP contribution in [0.25, 0.3) is 0 Å². The number of hydrogen-bond donors (Lipinski definition) is 2. The van der Waals surface area contributed by atoms with Crippen molar-refractivity contribution in [2.75, 3.05) is 20.1 Å². The molecule has 0 aliphatic rings. The average Bonchev–Trinajstić information content (AvgIpc) is 2.11. The van der Waals surface area contributed by atoms with Gasteiger partial charge in [0.25, 0.3) is 0 Å². The molecule has 0 aromatic heterocycles. The first kappa shape index (κ1) is 11.9. The molecular weight excluding hydrogens is 170 g/mol. The van der Waals surface area contributed by atoms with E-state index in [0.29, 0.717) is 6.54 Å². The number of nitrogens with two attached hydrogens (primary N) is 1. The van der Waals surface area contributed by atoms with Crippen molar-refractivity contribution in [2.24, 2.45) is 5.73 Å². The first-order valence-electron chi connectivity index (χ1n) is 4.25. The Morgan fingerprint density at radius 1 is 1.54 bits per heavy atom. The molecule has 0 bridgehead atoms. The van der Waals surface area contributed by atoms with Crippen molar-refractivity contribution >= 4 is 11.8 Å². The third-order valence-corrected chi connectivity index (χ3v) is 1.80. The summed E-state index contributed by atoms with van der Waals surface area (Å²) >= 11 is 0. The number of nitrogens with zero attached hydrogens (tertiary/aromatic N) is 1. The van der Waals surface area contributed by atoms with Crippen molar-refractivity contribution in [3.8, 4) is 0 Å². The Labute approximate surface area is 78.3 Å². The first-order chi connectivity index (χ1) is 5.99. The summed E-state index contributed by atoms with van der Waals surface area (Å²) in [5.74, 6) is -0.498. The highest BCUT2D eigenvalue weighted by Crippen LogP contribution is 1.90. The summed E-state index contributed by atoms with van der Waals surface area (Å²) in [6.07, 6.45) is 0. The minimum absolute atomic E-state index is 0.0322. The van der Waals surface area contributed by atoms with Crippen molar-refractivity contribution in [3.63, 3.8) is 0 Å². The van der Waals surface area contributed by atoms with Crippen molar-refractivity contribution in [2.45, 2.75) is 19.9 Å². The molecular formula is C8H17N3O2. The molecule has 13 heavy (non-hydrogen) atoms. The van der Waals surface area contributed by atoms with Crippen LogP contribution >= 0.6 is 0 Å². The summed E-state index contributed by atoms with van der Waals surface area (Å²) in [5, 5.41) is 2.73. The van der Waals surface area contributed by atoms with Gasteiger partial charge in [-0.2, -0.15) is 0 Å². The highest BCUT2D eigenvalue weighted by Gasteiger charge is 2.15. The Morgan fingerprint density at radius 3 is 2.46 bits per heavy atom. The van der Waals surface area contributed by atoms with E-state index in [4.69, 9.17) is 5.73 Å². The second-order valence-corrected chi connectivity index (χ2v) is 2.92. The Hall–Kier alpha value is -1.10. The van der Waals surface area contributed by atoms with Crippen LogP contribution in [-0.2, 0) is 9.59 Å². The fourth-order valence-corrected chi connectivity index (χ4v) is 0.827. The third-order valence-electron chi connectivity index (χ3n) is 1.80. The zero-order chi connectivity index (χ0) is 10.4. The van der Waals surface area contributed by atoms with Crippen LogP contribution in [-0.4, -0.2) is 42.9 Å². The standard InChI is InChI=1S/C8H17N3O2/c1-4-11(3)8(13)6(2)10-5-7(9)12/h6,10H,4-5H2,1-3H3,(H2,9,12). The number of nitrogens with one attached hydrogen (secondary N) is 1. The molecule has 1 atom stereocenters. The summed E-state index contributed by atoms with van der Waals surface area (Å²) in [6.45, 7) is 4.28. The molecule has 1 unspecified atom stereocenters. The quantitative estimate of drug-likeness (QED) is 0.575. The zero-order valence-electron chi connectivity index (χ0n) is 8.33. The summed E-state index contributed by atoms with van der Waals surface area (Å²) in [7, 11) is 1.71. The molecule has 2 amide bonds. The number of amides is 2. The lowest BCUT2D eigenvalue weighted by molar-refractivity contribution is -0.131. The molecule has 3 N–H and O–H groups in total. The molecule has 0 aliphatic heterocycles. The Kier molecular flexibility index (Phi) is 5.06. The van der Waals surface area contributed by atoms with Crippen LogP contribution in [0.5, 0.6) is 0 Å². The molecule has 0 aromatic rings. The number of primary amides is 1. The van der Waals surface area contributed by atoms with E-state index >= 15 is 0 Å². The highest BCUT2D eigenvalue weighted by molar-refractivity contribution is 5.82. The second kappa shape index (κ2) is 5.53. The van der Waals surface area contributed by atoms with Gasteiger partial charge in [0.1, 0.15) is 0 Å². The molecule has 0 saturated heterocycles. The van der Waals surface area contributed by atoms with Gasteiger partial charge in [0.05, 0.1) is 12.6 Å². The zero-order valence-corrected chi connectivity index (χ0v) is 8.33. The van der Waals surface area contributed by atoms with Crippen molar-refractivity contribution in [1.29, 1.82) is 0 Å². The topological polar surface area (TPSA) is 75.4 Å². The van der Waals surface area contributed by atoms with E-state index in [1.54, 1.807) is 18.9 Å². The molecule has 0 heterocycles. The Morgan fingerprint density at radius 2 is 2.08 bits per heavy atom. The van der Waals surface area contributed by atoms with Crippen LogP contribution < -0.4 is 11.1 Å². The summed E-state index contributed by atoms with van der Waals surface area (Å²) in [4.78, 5) is 23.4.